The average Bonchev–Trinajstić information content (AvgIpc) is 2.36. The Morgan fingerprint density at radius 1 is 1.06 bits per heavy atom. The van der Waals surface area contributed by atoms with Gasteiger partial charge in [0, 0.05) is 13.1 Å². The second-order valence-electron chi connectivity index (χ2n) is 4.77. The van der Waals surface area contributed by atoms with Crippen LogP contribution in [0.2, 0.25) is 0 Å². The summed E-state index contributed by atoms with van der Waals surface area (Å²) in [5.41, 5.74) is 0. The second-order valence-corrected chi connectivity index (χ2v) is 4.77. The molecule has 0 aliphatic heterocycles. The van der Waals surface area contributed by atoms with Crippen molar-refractivity contribution in [3.05, 3.63) is 18.2 Å². The van der Waals surface area contributed by atoms with E-state index in [-0.39, 0.29) is 0 Å². The highest BCUT2D eigenvalue weighted by Gasteiger charge is 1.96. The van der Waals surface area contributed by atoms with Crippen LogP contribution in [0.15, 0.2) is 18.2 Å². The number of hydrogen-bond donors (Lipinski definition) is 2. The molecule has 0 bridgehead atoms. The Labute approximate surface area is 111 Å². The smallest absolute Gasteiger partial charge is 0.128 e. The van der Waals surface area contributed by atoms with Gasteiger partial charge in [0.2, 0.25) is 0 Å². The molecule has 4 heteroatoms. The van der Waals surface area contributed by atoms with Crippen LogP contribution in [0, 0.1) is 0 Å². The third kappa shape index (κ3) is 6.45. The van der Waals surface area contributed by atoms with E-state index in [0.29, 0.717) is 0 Å². The molecule has 4 nitrogen and oxygen atoms in total. The van der Waals surface area contributed by atoms with E-state index < -0.39 is 0 Å². The van der Waals surface area contributed by atoms with Crippen molar-refractivity contribution in [2.24, 2.45) is 0 Å². The van der Waals surface area contributed by atoms with E-state index in [9.17, 15) is 0 Å². The summed E-state index contributed by atoms with van der Waals surface area (Å²) in [6.45, 7) is 5.25. The summed E-state index contributed by atoms with van der Waals surface area (Å²) >= 11 is 0. The summed E-state index contributed by atoms with van der Waals surface area (Å²) in [5.74, 6) is 1.91. The normalized spacial score (nSPS) is 10.7. The molecule has 0 fully saturated rings. The Morgan fingerprint density at radius 3 is 2.33 bits per heavy atom. The maximum absolute atomic E-state index is 4.51. The summed E-state index contributed by atoms with van der Waals surface area (Å²) < 4.78 is 0. The Hall–Kier alpha value is -1.29. The highest BCUT2D eigenvalue weighted by Crippen LogP contribution is 2.09. The van der Waals surface area contributed by atoms with Crippen molar-refractivity contribution in [2.45, 2.75) is 26.2 Å². The largest absolute Gasteiger partial charge is 0.370 e. The number of rotatable bonds is 9. The van der Waals surface area contributed by atoms with Gasteiger partial charge in [0.25, 0.3) is 0 Å². The van der Waals surface area contributed by atoms with E-state index >= 15 is 0 Å². The maximum atomic E-state index is 4.51. The van der Waals surface area contributed by atoms with E-state index in [1.54, 1.807) is 0 Å². The van der Waals surface area contributed by atoms with Crippen molar-refractivity contribution in [1.82, 2.24) is 9.88 Å². The van der Waals surface area contributed by atoms with Gasteiger partial charge in [-0.3, -0.25) is 0 Å². The van der Waals surface area contributed by atoms with Gasteiger partial charge in [-0.25, -0.2) is 4.98 Å². The maximum Gasteiger partial charge on any atom is 0.128 e. The molecular weight excluding hydrogens is 224 g/mol. The molecule has 2 N–H and O–H groups in total. The van der Waals surface area contributed by atoms with Crippen LogP contribution in [0.5, 0.6) is 0 Å². The third-order valence-corrected chi connectivity index (χ3v) is 2.64. The number of hydrogen-bond acceptors (Lipinski definition) is 4. The van der Waals surface area contributed by atoms with Crippen molar-refractivity contribution < 1.29 is 0 Å². The zero-order valence-electron chi connectivity index (χ0n) is 11.9. The van der Waals surface area contributed by atoms with Crippen LogP contribution in [0.3, 0.4) is 0 Å². The molecule has 0 saturated carbocycles. The van der Waals surface area contributed by atoms with Gasteiger partial charge in [-0.15, -0.1) is 0 Å². The van der Waals surface area contributed by atoms with E-state index in [1.165, 1.54) is 12.8 Å². The SMILES string of the molecule is CCCNc1cccc(NCCCCN(C)C)n1. The van der Waals surface area contributed by atoms with Crippen LogP contribution < -0.4 is 10.6 Å². The van der Waals surface area contributed by atoms with Crippen LogP contribution >= 0.6 is 0 Å². The van der Waals surface area contributed by atoms with Gasteiger partial charge in [0.1, 0.15) is 11.6 Å². The van der Waals surface area contributed by atoms with Crippen LogP contribution in [-0.2, 0) is 0 Å². The number of nitrogens with zero attached hydrogens (tertiary/aromatic N) is 2. The van der Waals surface area contributed by atoms with E-state index in [1.807, 2.05) is 18.2 Å². The van der Waals surface area contributed by atoms with E-state index in [0.717, 1.165) is 37.7 Å². The molecule has 0 saturated heterocycles. The van der Waals surface area contributed by atoms with Gasteiger partial charge in [-0.2, -0.15) is 0 Å². The fourth-order valence-corrected chi connectivity index (χ4v) is 1.65. The monoisotopic (exact) mass is 250 g/mol. The molecule has 0 aliphatic carbocycles. The third-order valence-electron chi connectivity index (χ3n) is 2.64. The Kier molecular flexibility index (Phi) is 7.18. The number of anilines is 2. The molecular formula is C14H26N4. The first-order chi connectivity index (χ1) is 8.72. The highest BCUT2D eigenvalue weighted by molar-refractivity contribution is 5.44. The minimum atomic E-state index is 0.954. The topological polar surface area (TPSA) is 40.2 Å². The Balaban J connectivity index is 2.24. The lowest BCUT2D eigenvalue weighted by Gasteiger charge is -2.10. The Morgan fingerprint density at radius 2 is 1.72 bits per heavy atom. The minimum Gasteiger partial charge on any atom is -0.370 e. The summed E-state index contributed by atoms with van der Waals surface area (Å²) in [4.78, 5) is 6.73. The van der Waals surface area contributed by atoms with Gasteiger partial charge in [-0.05, 0) is 52.0 Å². The Bertz CT molecular complexity index is 325. The predicted molar refractivity (Wildman–Crippen MR) is 79.3 cm³/mol. The van der Waals surface area contributed by atoms with E-state index in [2.05, 4.69) is 41.5 Å². The first kappa shape index (κ1) is 14.8. The molecule has 1 heterocycles. The lowest BCUT2D eigenvalue weighted by atomic mass is 10.3. The average molecular weight is 250 g/mol. The van der Waals surface area contributed by atoms with Crippen molar-refractivity contribution in [2.75, 3.05) is 44.4 Å². The summed E-state index contributed by atoms with van der Waals surface area (Å²) in [6.07, 6.45) is 3.50. The second kappa shape index (κ2) is 8.75. The molecule has 0 unspecified atom stereocenters. The molecule has 0 aromatic carbocycles. The molecule has 1 rings (SSSR count). The molecule has 18 heavy (non-hydrogen) atoms. The van der Waals surface area contributed by atoms with Crippen LogP contribution in [0.4, 0.5) is 11.6 Å². The molecule has 102 valence electrons. The molecule has 0 aliphatic rings. The van der Waals surface area contributed by atoms with Crippen molar-refractivity contribution in [3.8, 4) is 0 Å². The summed E-state index contributed by atoms with van der Waals surface area (Å²) in [7, 11) is 4.22. The highest BCUT2D eigenvalue weighted by atomic mass is 15.1. The lowest BCUT2D eigenvalue weighted by Crippen LogP contribution is -2.14. The molecule has 0 radical (unpaired) electrons. The lowest BCUT2D eigenvalue weighted by molar-refractivity contribution is 0.396. The quantitative estimate of drug-likeness (QED) is 0.661. The fraction of sp³-hybridized carbons (Fsp3) is 0.643. The minimum absolute atomic E-state index is 0.954. The predicted octanol–water partition coefficient (Wildman–Crippen LogP) is 2.66. The van der Waals surface area contributed by atoms with Crippen molar-refractivity contribution in [1.29, 1.82) is 0 Å². The first-order valence-electron chi connectivity index (χ1n) is 6.82. The van der Waals surface area contributed by atoms with Crippen LogP contribution in [-0.4, -0.2) is 43.6 Å². The summed E-state index contributed by atoms with van der Waals surface area (Å²) in [6, 6.07) is 6.06. The molecule has 0 amide bonds. The molecule has 1 aromatic rings. The van der Waals surface area contributed by atoms with Gasteiger partial charge in [0.15, 0.2) is 0 Å². The first-order valence-corrected chi connectivity index (χ1v) is 6.82. The molecule has 1 aromatic heterocycles. The molecule has 0 spiro atoms. The number of nitrogens with one attached hydrogen (secondary N) is 2. The van der Waals surface area contributed by atoms with Crippen LogP contribution in [0.1, 0.15) is 26.2 Å². The van der Waals surface area contributed by atoms with Crippen molar-refractivity contribution in [3.63, 3.8) is 0 Å². The number of unbranched alkanes of at least 4 members (excludes halogenated alkanes) is 1. The standard InChI is InChI=1S/C14H26N4/c1-4-10-15-13-8-7-9-14(17-13)16-11-5-6-12-18(2)3/h7-9H,4-6,10-12H2,1-3H3,(H2,15,16,17). The van der Waals surface area contributed by atoms with Gasteiger partial charge >= 0.3 is 0 Å². The summed E-state index contributed by atoms with van der Waals surface area (Å²) in [5, 5.41) is 6.66. The van der Waals surface area contributed by atoms with Gasteiger partial charge in [0.05, 0.1) is 0 Å². The van der Waals surface area contributed by atoms with Gasteiger partial charge < -0.3 is 15.5 Å². The van der Waals surface area contributed by atoms with Gasteiger partial charge in [-0.1, -0.05) is 13.0 Å². The zero-order valence-corrected chi connectivity index (χ0v) is 11.9. The fourth-order valence-electron chi connectivity index (χ4n) is 1.65. The zero-order chi connectivity index (χ0) is 13.2. The molecule has 0 atom stereocenters. The van der Waals surface area contributed by atoms with E-state index in [4.69, 9.17) is 0 Å². The van der Waals surface area contributed by atoms with Crippen molar-refractivity contribution >= 4 is 11.6 Å². The van der Waals surface area contributed by atoms with Crippen LogP contribution in [0.25, 0.3) is 0 Å². The number of pyridine rings is 1. The number of aromatic nitrogens is 1.